The van der Waals surface area contributed by atoms with Gasteiger partial charge in [-0.05, 0) is 38.0 Å². The number of methoxy groups -OCH3 is 1. The third kappa shape index (κ3) is 5.92. The third-order valence-corrected chi connectivity index (χ3v) is 6.93. The summed E-state index contributed by atoms with van der Waals surface area (Å²) >= 11 is 0. The highest BCUT2D eigenvalue weighted by Gasteiger charge is 2.23. The molecule has 3 aromatic heterocycles. The third-order valence-electron chi connectivity index (χ3n) is 6.93. The van der Waals surface area contributed by atoms with Crippen LogP contribution in [0, 0.1) is 0 Å². The maximum Gasteiger partial charge on any atom is 0.325 e. The second-order valence-corrected chi connectivity index (χ2v) is 9.83. The number of carbonyl (C=O) groups excluding carboxylic acids is 2. The molecule has 1 atom stereocenters. The van der Waals surface area contributed by atoms with Gasteiger partial charge in [0, 0.05) is 62.8 Å². The van der Waals surface area contributed by atoms with Gasteiger partial charge in [-0.15, -0.1) is 0 Å². The Hall–Kier alpha value is -4.42. The van der Waals surface area contributed by atoms with E-state index in [1.165, 1.54) is 11.7 Å². The monoisotopic (exact) mass is 547 g/mol. The Kier molecular flexibility index (Phi) is 7.99. The minimum atomic E-state index is -0.345. The van der Waals surface area contributed by atoms with E-state index >= 15 is 0 Å². The number of β-amino-alcohol motifs (C(OH)–C–C–N with tert-alkyl or cyclic N) is 1. The lowest BCUT2D eigenvalue weighted by molar-refractivity contribution is 0.0991. The minimum Gasteiger partial charge on any atom is -0.493 e. The number of rotatable bonds is 8. The fourth-order valence-electron chi connectivity index (χ4n) is 4.93. The molecule has 4 aromatic rings. The fraction of sp³-hybridized carbons (Fsp3) is 0.357. The molecule has 1 aromatic carbocycles. The normalized spacial score (nSPS) is 15.1. The molecule has 0 spiro atoms. The molecule has 1 fully saturated rings. The summed E-state index contributed by atoms with van der Waals surface area (Å²) in [7, 11) is 3.10. The van der Waals surface area contributed by atoms with Crippen LogP contribution >= 0.6 is 0 Å². The Morgan fingerprint density at radius 1 is 1.18 bits per heavy atom. The van der Waals surface area contributed by atoms with E-state index in [0.717, 1.165) is 31.3 Å². The number of nitrogens with one attached hydrogen (secondary N) is 2. The van der Waals surface area contributed by atoms with E-state index in [0.29, 0.717) is 40.7 Å². The van der Waals surface area contributed by atoms with Crippen LogP contribution < -0.4 is 20.1 Å². The predicted octanol–water partition coefficient (Wildman–Crippen LogP) is 3.49. The van der Waals surface area contributed by atoms with Crippen molar-refractivity contribution in [2.75, 3.05) is 39.1 Å². The number of fused-ring (bicyclic) bond motifs is 1. The van der Waals surface area contributed by atoms with E-state index in [2.05, 4.69) is 25.6 Å². The van der Waals surface area contributed by atoms with E-state index in [-0.39, 0.29) is 24.1 Å². The van der Waals surface area contributed by atoms with Gasteiger partial charge in [0.05, 0.1) is 36.5 Å². The van der Waals surface area contributed by atoms with Crippen LogP contribution in [0.1, 0.15) is 36.2 Å². The number of piperidine rings is 1. The lowest BCUT2D eigenvalue weighted by Gasteiger charge is -2.32. The van der Waals surface area contributed by atoms with Crippen LogP contribution in [0.4, 0.5) is 10.6 Å². The average Bonchev–Trinajstić information content (AvgIpc) is 3.60. The lowest BCUT2D eigenvalue weighted by atomic mass is 10.1. The van der Waals surface area contributed by atoms with E-state index in [4.69, 9.17) is 9.47 Å². The molecule has 2 amide bonds. The second kappa shape index (κ2) is 11.8. The Bertz CT molecular complexity index is 1500. The van der Waals surface area contributed by atoms with Gasteiger partial charge < -0.3 is 30.1 Å². The first kappa shape index (κ1) is 27.2. The van der Waals surface area contributed by atoms with E-state index in [1.54, 1.807) is 63.0 Å². The second-order valence-electron chi connectivity index (χ2n) is 9.83. The number of hydrogen-bond acceptors (Lipinski definition) is 8. The van der Waals surface area contributed by atoms with Crippen molar-refractivity contribution in [2.45, 2.75) is 31.9 Å². The molecular formula is C28H33N7O5. The van der Waals surface area contributed by atoms with Crippen molar-refractivity contribution in [2.24, 2.45) is 0 Å². The first-order valence-corrected chi connectivity index (χ1v) is 13.2. The van der Waals surface area contributed by atoms with Crippen LogP contribution in [0.15, 0.2) is 55.1 Å². The predicted molar refractivity (Wildman–Crippen MR) is 149 cm³/mol. The van der Waals surface area contributed by atoms with E-state index in [9.17, 15) is 14.7 Å². The molecule has 40 heavy (non-hydrogen) atoms. The maximum absolute atomic E-state index is 12.9. The quantitative estimate of drug-likeness (QED) is 0.305. The molecule has 0 bridgehead atoms. The molecule has 1 aliphatic rings. The van der Waals surface area contributed by atoms with Crippen molar-refractivity contribution in [1.29, 1.82) is 0 Å². The zero-order valence-corrected chi connectivity index (χ0v) is 22.7. The van der Waals surface area contributed by atoms with Gasteiger partial charge in [0.25, 0.3) is 5.91 Å². The molecule has 1 saturated heterocycles. The number of aliphatic hydroxyl groups excluding tert-OH is 1. The molecule has 5 rings (SSSR count). The molecule has 12 heteroatoms. The van der Waals surface area contributed by atoms with Gasteiger partial charge in [0.2, 0.25) is 0 Å². The zero-order chi connectivity index (χ0) is 28.2. The number of amides is 2. The standard InChI is InChI=1S/C28H33N7O5/c1-18(36)16-33-9-6-21(7-10-33)35-17-20(15-31-35)27(37)32-26-13-22(4-8-30-26)40-25-12-19-5-11-34(28(38)29-2)23(19)14-24(25)39-3/h4-5,8,11-15,17-18,21,36H,6-7,9-10,16H2,1-3H3,(H,29,38)(H,30,32,37)/t18-/m1/s1. The summed E-state index contributed by atoms with van der Waals surface area (Å²) in [5.74, 6) is 1.36. The number of anilines is 1. The topological polar surface area (TPSA) is 136 Å². The number of benzene rings is 1. The molecule has 0 aliphatic carbocycles. The number of aliphatic hydroxyl groups is 1. The van der Waals surface area contributed by atoms with Gasteiger partial charge in [-0.25, -0.2) is 9.78 Å². The number of likely N-dealkylation sites (tertiary alicyclic amines) is 1. The van der Waals surface area contributed by atoms with Crippen LogP contribution in [0.25, 0.3) is 10.9 Å². The Morgan fingerprint density at radius 2 is 1.98 bits per heavy atom. The smallest absolute Gasteiger partial charge is 0.325 e. The van der Waals surface area contributed by atoms with Crippen LogP contribution in [0.2, 0.25) is 0 Å². The van der Waals surface area contributed by atoms with Crippen molar-refractivity contribution in [1.82, 2.24) is 29.5 Å². The van der Waals surface area contributed by atoms with Crippen molar-refractivity contribution in [3.05, 3.63) is 60.7 Å². The summed E-state index contributed by atoms with van der Waals surface area (Å²) in [4.78, 5) is 31.6. The van der Waals surface area contributed by atoms with Crippen LogP contribution in [-0.4, -0.2) is 81.2 Å². The minimum absolute atomic E-state index is 0.210. The zero-order valence-electron chi connectivity index (χ0n) is 22.7. The highest BCUT2D eigenvalue weighted by Crippen LogP contribution is 2.36. The number of ether oxygens (including phenoxy) is 2. The van der Waals surface area contributed by atoms with Gasteiger partial charge in [-0.3, -0.25) is 14.0 Å². The van der Waals surface area contributed by atoms with Crippen molar-refractivity contribution >= 4 is 28.7 Å². The first-order chi connectivity index (χ1) is 19.3. The fourth-order valence-corrected chi connectivity index (χ4v) is 4.93. The van der Waals surface area contributed by atoms with E-state index < -0.39 is 0 Å². The number of carbonyl (C=O) groups is 2. The Balaban J connectivity index is 1.25. The molecule has 3 N–H and O–H groups in total. The summed E-state index contributed by atoms with van der Waals surface area (Å²) < 4.78 is 14.9. The molecule has 0 radical (unpaired) electrons. The molecule has 0 unspecified atom stereocenters. The lowest BCUT2D eigenvalue weighted by Crippen LogP contribution is -2.38. The summed E-state index contributed by atoms with van der Waals surface area (Å²) in [5.41, 5.74) is 1.12. The molecule has 210 valence electrons. The SMILES string of the molecule is CNC(=O)n1ccc2cc(Oc3ccnc(NC(=O)c4cnn(C5CCN(C[C@@H](C)O)CC5)c4)c3)c(OC)cc21. The van der Waals surface area contributed by atoms with Crippen LogP contribution in [-0.2, 0) is 0 Å². The van der Waals surface area contributed by atoms with Gasteiger partial charge in [0.1, 0.15) is 11.6 Å². The molecule has 0 saturated carbocycles. The molecular weight excluding hydrogens is 514 g/mol. The van der Waals surface area contributed by atoms with Crippen LogP contribution in [0.3, 0.4) is 0 Å². The van der Waals surface area contributed by atoms with Crippen molar-refractivity contribution in [3.63, 3.8) is 0 Å². The van der Waals surface area contributed by atoms with Gasteiger partial charge in [0.15, 0.2) is 11.5 Å². The summed E-state index contributed by atoms with van der Waals surface area (Å²) in [5, 5.41) is 20.3. The summed E-state index contributed by atoms with van der Waals surface area (Å²) in [6.45, 7) is 4.23. The molecule has 4 heterocycles. The van der Waals surface area contributed by atoms with Crippen molar-refractivity contribution < 1.29 is 24.2 Å². The van der Waals surface area contributed by atoms with Gasteiger partial charge in [-0.1, -0.05) is 0 Å². The first-order valence-electron chi connectivity index (χ1n) is 13.2. The Morgan fingerprint density at radius 3 is 2.70 bits per heavy atom. The Labute approximate surface area is 231 Å². The number of nitrogens with zero attached hydrogens (tertiary/aromatic N) is 5. The van der Waals surface area contributed by atoms with Crippen LogP contribution in [0.5, 0.6) is 17.2 Å². The van der Waals surface area contributed by atoms with Gasteiger partial charge >= 0.3 is 6.03 Å². The maximum atomic E-state index is 12.9. The molecule has 12 nitrogen and oxygen atoms in total. The number of aromatic nitrogens is 4. The highest BCUT2D eigenvalue weighted by atomic mass is 16.5. The average molecular weight is 548 g/mol. The van der Waals surface area contributed by atoms with E-state index in [1.807, 2.05) is 10.7 Å². The van der Waals surface area contributed by atoms with Crippen molar-refractivity contribution in [3.8, 4) is 17.2 Å². The number of pyridine rings is 1. The largest absolute Gasteiger partial charge is 0.493 e. The van der Waals surface area contributed by atoms with Gasteiger partial charge in [-0.2, -0.15) is 5.10 Å². The molecule has 1 aliphatic heterocycles. The summed E-state index contributed by atoms with van der Waals surface area (Å²) in [6.07, 6.45) is 8.00. The summed E-state index contributed by atoms with van der Waals surface area (Å²) in [6, 6.07) is 8.59. The highest BCUT2D eigenvalue weighted by molar-refractivity contribution is 6.03. The number of hydrogen-bond donors (Lipinski definition) is 3.